The van der Waals surface area contributed by atoms with E-state index in [9.17, 15) is 4.79 Å². The van der Waals surface area contributed by atoms with E-state index < -0.39 is 5.54 Å². The van der Waals surface area contributed by atoms with Crippen molar-refractivity contribution >= 4 is 45.7 Å². The lowest BCUT2D eigenvalue weighted by molar-refractivity contribution is -0.110. The maximum Gasteiger partial charge on any atom is 0.178 e. The summed E-state index contributed by atoms with van der Waals surface area (Å²) in [6.07, 6.45) is 9.60. The highest BCUT2D eigenvalue weighted by atomic mass is 127. The van der Waals surface area contributed by atoms with Gasteiger partial charge in [-0.15, -0.1) is 0 Å². The molecule has 0 aromatic heterocycles. The molecule has 22 heavy (non-hydrogen) atoms. The Labute approximate surface area is 147 Å². The zero-order valence-electron chi connectivity index (χ0n) is 11.7. The first kappa shape index (κ1) is 14.4. The van der Waals surface area contributed by atoms with Crippen molar-refractivity contribution in [1.82, 2.24) is 0 Å². The molecular formula is C18H13ClINO. The monoisotopic (exact) mass is 421 g/mol. The van der Waals surface area contributed by atoms with Gasteiger partial charge < -0.3 is 0 Å². The topological polar surface area (TPSA) is 29.4 Å². The van der Waals surface area contributed by atoms with Gasteiger partial charge in [-0.3, -0.25) is 9.79 Å². The Morgan fingerprint density at radius 3 is 2.36 bits per heavy atom. The summed E-state index contributed by atoms with van der Waals surface area (Å²) in [4.78, 5) is 16.5. The fourth-order valence-electron chi connectivity index (χ4n) is 3.06. The number of allylic oxidation sites excluding steroid dienone is 3. The van der Waals surface area contributed by atoms with Crippen LogP contribution in [0.25, 0.3) is 0 Å². The molecule has 1 aromatic carbocycles. The second-order valence-corrected chi connectivity index (χ2v) is 7.38. The lowest BCUT2D eigenvalue weighted by Crippen LogP contribution is -2.25. The fraction of sp³-hybridized carbons (Fsp3) is 0.222. The van der Waals surface area contributed by atoms with Crippen LogP contribution in [0.2, 0.25) is 5.02 Å². The highest BCUT2D eigenvalue weighted by molar-refractivity contribution is 14.1. The number of aliphatic imine (C=N–C) groups is 1. The number of rotatable bonds is 2. The molecule has 110 valence electrons. The maximum atomic E-state index is 11.5. The van der Waals surface area contributed by atoms with Gasteiger partial charge in [-0.25, -0.2) is 0 Å². The molecule has 1 spiro atoms. The van der Waals surface area contributed by atoms with Gasteiger partial charge in [0.05, 0.1) is 5.71 Å². The highest BCUT2D eigenvalue weighted by Crippen LogP contribution is 2.51. The Bertz CT molecular complexity index is 766. The summed E-state index contributed by atoms with van der Waals surface area (Å²) in [5.41, 5.74) is 2.96. The van der Waals surface area contributed by atoms with Gasteiger partial charge in [-0.1, -0.05) is 23.7 Å². The smallest absolute Gasteiger partial charge is 0.178 e. The molecule has 0 amide bonds. The van der Waals surface area contributed by atoms with Gasteiger partial charge in [0.1, 0.15) is 5.54 Å². The molecule has 1 saturated carbocycles. The van der Waals surface area contributed by atoms with Crippen molar-refractivity contribution in [2.75, 3.05) is 0 Å². The third-order valence-corrected chi connectivity index (χ3v) is 5.62. The van der Waals surface area contributed by atoms with E-state index in [-0.39, 0.29) is 5.78 Å². The summed E-state index contributed by atoms with van der Waals surface area (Å²) < 4.78 is 1.21. The molecule has 1 aromatic rings. The fourth-order valence-corrected chi connectivity index (χ4v) is 4.49. The molecule has 2 nitrogen and oxygen atoms in total. The van der Waals surface area contributed by atoms with Crippen molar-refractivity contribution in [2.45, 2.75) is 18.4 Å². The molecule has 0 atom stereocenters. The number of hydrogen-bond donors (Lipinski definition) is 0. The van der Waals surface area contributed by atoms with Crippen molar-refractivity contribution in [3.63, 3.8) is 0 Å². The van der Waals surface area contributed by atoms with E-state index in [1.807, 2.05) is 36.4 Å². The molecular weight excluding hydrogens is 409 g/mol. The minimum absolute atomic E-state index is 0.0333. The zero-order chi connectivity index (χ0) is 15.3. The number of halogens is 2. The van der Waals surface area contributed by atoms with Crippen molar-refractivity contribution in [2.24, 2.45) is 10.9 Å². The Hall–Kier alpha value is -1.20. The predicted molar refractivity (Wildman–Crippen MR) is 97.8 cm³/mol. The minimum Gasteiger partial charge on any atom is -0.290 e. The van der Waals surface area contributed by atoms with E-state index >= 15 is 0 Å². The van der Waals surface area contributed by atoms with E-state index in [1.165, 1.54) is 22.0 Å². The summed E-state index contributed by atoms with van der Waals surface area (Å²) >= 11 is 8.39. The van der Waals surface area contributed by atoms with Crippen LogP contribution in [-0.2, 0) is 4.79 Å². The normalized spacial score (nSPS) is 22.6. The average Bonchev–Trinajstić information content (AvgIpc) is 3.30. The second kappa shape index (κ2) is 5.17. The summed E-state index contributed by atoms with van der Waals surface area (Å²) in [6, 6.07) is 7.79. The first-order valence-corrected chi connectivity index (χ1v) is 8.73. The Kier molecular flexibility index (Phi) is 3.38. The van der Waals surface area contributed by atoms with E-state index in [0.717, 1.165) is 16.3 Å². The van der Waals surface area contributed by atoms with Crippen LogP contribution in [0.1, 0.15) is 18.4 Å². The highest BCUT2D eigenvalue weighted by Gasteiger charge is 2.46. The van der Waals surface area contributed by atoms with E-state index in [4.69, 9.17) is 16.6 Å². The van der Waals surface area contributed by atoms with Gasteiger partial charge in [0.25, 0.3) is 0 Å². The predicted octanol–water partition coefficient (Wildman–Crippen LogP) is 4.68. The van der Waals surface area contributed by atoms with Crippen LogP contribution < -0.4 is 0 Å². The standard InChI is InChI=1S/C18H13ClINO/c19-13-5-3-12(4-6-13)17-16(20)15(11-1-2-11)18(21-17)9-7-14(22)8-10-18/h3-11H,1-2H2. The van der Waals surface area contributed by atoms with Crippen molar-refractivity contribution in [3.8, 4) is 0 Å². The van der Waals surface area contributed by atoms with E-state index in [2.05, 4.69) is 22.6 Å². The van der Waals surface area contributed by atoms with Crippen LogP contribution in [0.4, 0.5) is 0 Å². The molecule has 2 aliphatic carbocycles. The molecule has 1 heterocycles. The summed E-state index contributed by atoms with van der Waals surface area (Å²) in [6.45, 7) is 0. The van der Waals surface area contributed by atoms with E-state index in [0.29, 0.717) is 5.92 Å². The lowest BCUT2D eigenvalue weighted by Gasteiger charge is -2.24. The van der Waals surface area contributed by atoms with Crippen LogP contribution in [0, 0.1) is 5.92 Å². The zero-order valence-corrected chi connectivity index (χ0v) is 14.6. The Balaban J connectivity index is 1.85. The van der Waals surface area contributed by atoms with Crippen LogP contribution in [0.5, 0.6) is 0 Å². The average molecular weight is 422 g/mol. The van der Waals surface area contributed by atoms with Gasteiger partial charge in [-0.2, -0.15) is 0 Å². The molecule has 0 unspecified atom stereocenters. The Morgan fingerprint density at radius 1 is 1.14 bits per heavy atom. The van der Waals surface area contributed by atoms with Crippen molar-refractivity contribution in [1.29, 1.82) is 0 Å². The maximum absolute atomic E-state index is 11.5. The van der Waals surface area contributed by atoms with Gasteiger partial charge in [0.2, 0.25) is 0 Å². The number of nitrogens with zero attached hydrogens (tertiary/aromatic N) is 1. The first-order chi connectivity index (χ1) is 10.6. The number of carbonyl (C=O) groups is 1. The minimum atomic E-state index is -0.458. The second-order valence-electron chi connectivity index (χ2n) is 5.86. The van der Waals surface area contributed by atoms with Crippen molar-refractivity contribution < 1.29 is 4.79 Å². The summed E-state index contributed by atoms with van der Waals surface area (Å²) in [7, 11) is 0. The summed E-state index contributed by atoms with van der Waals surface area (Å²) in [5.74, 6) is 0.619. The first-order valence-electron chi connectivity index (χ1n) is 7.28. The van der Waals surface area contributed by atoms with Gasteiger partial charge in [0, 0.05) is 14.2 Å². The lowest BCUT2D eigenvalue weighted by atomic mass is 9.84. The molecule has 0 N–H and O–H groups in total. The molecule has 0 saturated heterocycles. The summed E-state index contributed by atoms with van der Waals surface area (Å²) in [5, 5.41) is 0.724. The van der Waals surface area contributed by atoms with Crippen LogP contribution >= 0.6 is 34.2 Å². The molecule has 1 fully saturated rings. The SMILES string of the molecule is O=C1C=CC2(C=C1)N=C(c1ccc(Cl)cc1)C(I)=C2C1CC1. The molecule has 0 radical (unpaired) electrons. The number of hydrogen-bond acceptors (Lipinski definition) is 2. The van der Waals surface area contributed by atoms with Gasteiger partial charge in [-0.05, 0) is 83.4 Å². The number of ketones is 1. The number of carbonyl (C=O) groups excluding carboxylic acids is 1. The third-order valence-electron chi connectivity index (χ3n) is 4.28. The number of benzene rings is 1. The molecule has 1 aliphatic heterocycles. The molecule has 4 heteroatoms. The van der Waals surface area contributed by atoms with Crippen LogP contribution in [-0.4, -0.2) is 17.0 Å². The van der Waals surface area contributed by atoms with Crippen LogP contribution in [0.3, 0.4) is 0 Å². The van der Waals surface area contributed by atoms with Gasteiger partial charge >= 0.3 is 0 Å². The van der Waals surface area contributed by atoms with Gasteiger partial charge in [0.15, 0.2) is 5.78 Å². The van der Waals surface area contributed by atoms with Crippen LogP contribution in [0.15, 0.2) is 62.7 Å². The molecule has 3 aliphatic rings. The quantitative estimate of drug-likeness (QED) is 0.638. The molecule has 4 rings (SSSR count). The molecule has 0 bridgehead atoms. The van der Waals surface area contributed by atoms with E-state index in [1.54, 1.807) is 12.2 Å². The Morgan fingerprint density at radius 2 is 1.77 bits per heavy atom. The third kappa shape index (κ3) is 2.31. The largest absolute Gasteiger partial charge is 0.290 e. The van der Waals surface area contributed by atoms with Crippen molar-refractivity contribution in [3.05, 3.63) is 68.3 Å².